The molecule has 9 heteroatoms. The SMILES string of the molecule is CCOc1c(Br)cc(/C=C2\SC(=S)N(CC(=O)OCC(C)C)C2=O)cc1OC. The molecule has 0 aromatic heterocycles. The number of nitrogens with zero attached hydrogens (tertiary/aromatic N) is 1. The molecule has 1 aromatic rings. The van der Waals surface area contributed by atoms with Gasteiger partial charge in [0, 0.05) is 0 Å². The first kappa shape index (κ1) is 22.7. The smallest absolute Gasteiger partial charge is 0.326 e. The average molecular weight is 488 g/mol. The molecule has 1 aliphatic rings. The lowest BCUT2D eigenvalue weighted by Gasteiger charge is -2.14. The van der Waals surface area contributed by atoms with Gasteiger partial charge in [0.15, 0.2) is 11.5 Å². The van der Waals surface area contributed by atoms with Crippen molar-refractivity contribution in [3.8, 4) is 11.5 Å². The summed E-state index contributed by atoms with van der Waals surface area (Å²) in [5, 5.41) is 0. The van der Waals surface area contributed by atoms with E-state index in [-0.39, 0.29) is 18.4 Å². The zero-order chi connectivity index (χ0) is 20.8. The fraction of sp³-hybridized carbons (Fsp3) is 0.421. The molecular weight excluding hydrogens is 466 g/mol. The number of esters is 1. The minimum Gasteiger partial charge on any atom is -0.493 e. The second kappa shape index (κ2) is 10.3. The number of thiocarbonyl (C=S) groups is 1. The van der Waals surface area contributed by atoms with Gasteiger partial charge in [-0.2, -0.15) is 0 Å². The summed E-state index contributed by atoms with van der Waals surface area (Å²) >= 11 is 9.88. The maximum absolute atomic E-state index is 12.7. The van der Waals surface area contributed by atoms with Gasteiger partial charge in [0.05, 0.1) is 29.7 Å². The molecule has 1 aliphatic heterocycles. The molecule has 28 heavy (non-hydrogen) atoms. The monoisotopic (exact) mass is 487 g/mol. The number of benzene rings is 1. The summed E-state index contributed by atoms with van der Waals surface area (Å²) in [6.45, 7) is 6.39. The van der Waals surface area contributed by atoms with E-state index in [1.165, 1.54) is 4.90 Å². The van der Waals surface area contributed by atoms with Gasteiger partial charge >= 0.3 is 5.97 Å². The number of hydrogen-bond acceptors (Lipinski definition) is 7. The number of amides is 1. The van der Waals surface area contributed by atoms with E-state index in [4.69, 9.17) is 26.4 Å². The zero-order valence-corrected chi connectivity index (χ0v) is 19.3. The molecule has 1 fully saturated rings. The number of thioether (sulfide) groups is 1. The van der Waals surface area contributed by atoms with Crippen molar-refractivity contribution in [2.24, 2.45) is 5.92 Å². The van der Waals surface area contributed by atoms with E-state index in [1.807, 2.05) is 26.8 Å². The number of methoxy groups -OCH3 is 1. The zero-order valence-electron chi connectivity index (χ0n) is 16.1. The van der Waals surface area contributed by atoms with E-state index in [0.29, 0.717) is 38.4 Å². The number of carbonyl (C=O) groups excluding carboxylic acids is 2. The highest BCUT2D eigenvalue weighted by molar-refractivity contribution is 9.10. The first-order chi connectivity index (χ1) is 13.3. The summed E-state index contributed by atoms with van der Waals surface area (Å²) in [7, 11) is 1.55. The Morgan fingerprint density at radius 2 is 2.11 bits per heavy atom. The van der Waals surface area contributed by atoms with Crippen molar-refractivity contribution < 1.29 is 23.8 Å². The van der Waals surface area contributed by atoms with Crippen LogP contribution in [0.2, 0.25) is 0 Å². The molecule has 0 unspecified atom stereocenters. The summed E-state index contributed by atoms with van der Waals surface area (Å²) < 4.78 is 17.1. The molecular formula is C19H22BrNO5S2. The number of hydrogen-bond donors (Lipinski definition) is 0. The number of carbonyl (C=O) groups is 2. The second-order valence-corrected chi connectivity index (χ2v) is 8.84. The van der Waals surface area contributed by atoms with Gasteiger partial charge in [-0.1, -0.05) is 37.8 Å². The molecule has 1 heterocycles. The standard InChI is InChI=1S/C19H22BrNO5S2/c1-5-25-17-13(20)6-12(7-14(17)24-4)8-15-18(23)21(19(27)28-15)9-16(22)26-10-11(2)3/h6-8,11H,5,9-10H2,1-4H3/b15-8-. The van der Waals surface area contributed by atoms with Crippen LogP contribution in [-0.2, 0) is 14.3 Å². The van der Waals surface area contributed by atoms with Crippen LogP contribution in [0.1, 0.15) is 26.3 Å². The van der Waals surface area contributed by atoms with Gasteiger partial charge in [-0.3, -0.25) is 14.5 Å². The predicted octanol–water partition coefficient (Wildman–Crippen LogP) is 4.26. The van der Waals surface area contributed by atoms with E-state index in [0.717, 1.165) is 17.3 Å². The molecule has 1 aromatic carbocycles. The van der Waals surface area contributed by atoms with Crippen LogP contribution in [-0.4, -0.2) is 48.0 Å². The van der Waals surface area contributed by atoms with Crippen molar-refractivity contribution in [1.82, 2.24) is 4.90 Å². The van der Waals surface area contributed by atoms with Crippen LogP contribution >= 0.6 is 39.9 Å². The fourth-order valence-corrected chi connectivity index (χ4v) is 4.16. The van der Waals surface area contributed by atoms with Gasteiger partial charge in [0.1, 0.15) is 10.9 Å². The first-order valence-electron chi connectivity index (χ1n) is 8.68. The third-order valence-electron chi connectivity index (χ3n) is 3.58. The second-order valence-electron chi connectivity index (χ2n) is 6.31. The normalized spacial score (nSPS) is 15.5. The maximum Gasteiger partial charge on any atom is 0.326 e. The summed E-state index contributed by atoms with van der Waals surface area (Å²) in [5.74, 6) is 0.582. The van der Waals surface area contributed by atoms with E-state index in [1.54, 1.807) is 19.3 Å². The largest absolute Gasteiger partial charge is 0.493 e. The van der Waals surface area contributed by atoms with Crippen molar-refractivity contribution in [3.05, 3.63) is 27.1 Å². The highest BCUT2D eigenvalue weighted by Crippen LogP contribution is 2.39. The Hall–Kier alpha value is -1.58. The summed E-state index contributed by atoms with van der Waals surface area (Å²) in [6.07, 6.45) is 1.71. The summed E-state index contributed by atoms with van der Waals surface area (Å²) in [4.78, 5) is 26.3. The Morgan fingerprint density at radius 3 is 2.71 bits per heavy atom. The van der Waals surface area contributed by atoms with E-state index >= 15 is 0 Å². The van der Waals surface area contributed by atoms with Crippen molar-refractivity contribution >= 4 is 62.2 Å². The van der Waals surface area contributed by atoms with Crippen LogP contribution in [0, 0.1) is 5.92 Å². The number of rotatable bonds is 8. The molecule has 0 atom stereocenters. The fourth-order valence-electron chi connectivity index (χ4n) is 2.33. The van der Waals surface area contributed by atoms with Crippen LogP contribution < -0.4 is 9.47 Å². The first-order valence-corrected chi connectivity index (χ1v) is 10.7. The Labute approximate surface area is 182 Å². The molecule has 0 N–H and O–H groups in total. The maximum atomic E-state index is 12.7. The molecule has 0 aliphatic carbocycles. The van der Waals surface area contributed by atoms with Crippen LogP contribution in [0.5, 0.6) is 11.5 Å². The summed E-state index contributed by atoms with van der Waals surface area (Å²) in [6, 6.07) is 3.61. The highest BCUT2D eigenvalue weighted by Gasteiger charge is 2.34. The molecule has 2 rings (SSSR count). The van der Waals surface area contributed by atoms with Crippen LogP contribution in [0.4, 0.5) is 0 Å². The summed E-state index contributed by atoms with van der Waals surface area (Å²) in [5.41, 5.74) is 0.745. The Balaban J connectivity index is 2.19. The topological polar surface area (TPSA) is 65.1 Å². The molecule has 0 spiro atoms. The molecule has 0 bridgehead atoms. The van der Waals surface area contributed by atoms with Crippen molar-refractivity contribution in [1.29, 1.82) is 0 Å². The highest BCUT2D eigenvalue weighted by atomic mass is 79.9. The van der Waals surface area contributed by atoms with Crippen LogP contribution in [0.15, 0.2) is 21.5 Å². The van der Waals surface area contributed by atoms with Crippen LogP contribution in [0.3, 0.4) is 0 Å². The molecule has 1 saturated heterocycles. The Bertz CT molecular complexity index is 810. The van der Waals surface area contributed by atoms with Gasteiger partial charge in [0.2, 0.25) is 0 Å². The van der Waals surface area contributed by atoms with Gasteiger partial charge < -0.3 is 14.2 Å². The van der Waals surface area contributed by atoms with E-state index in [9.17, 15) is 9.59 Å². The van der Waals surface area contributed by atoms with Gasteiger partial charge in [-0.05, 0) is 52.5 Å². The van der Waals surface area contributed by atoms with Crippen LogP contribution in [0.25, 0.3) is 6.08 Å². The predicted molar refractivity (Wildman–Crippen MR) is 118 cm³/mol. The molecule has 152 valence electrons. The number of halogens is 1. The molecule has 1 amide bonds. The lowest BCUT2D eigenvalue weighted by Crippen LogP contribution is -2.34. The Morgan fingerprint density at radius 1 is 1.39 bits per heavy atom. The molecule has 6 nitrogen and oxygen atoms in total. The Kier molecular flexibility index (Phi) is 8.33. The van der Waals surface area contributed by atoms with Crippen molar-refractivity contribution in [2.75, 3.05) is 26.9 Å². The van der Waals surface area contributed by atoms with Gasteiger partial charge in [-0.15, -0.1) is 0 Å². The average Bonchev–Trinajstić information content (AvgIpc) is 2.89. The third kappa shape index (κ3) is 5.71. The van der Waals surface area contributed by atoms with Gasteiger partial charge in [0.25, 0.3) is 5.91 Å². The number of ether oxygens (including phenoxy) is 3. The van der Waals surface area contributed by atoms with E-state index < -0.39 is 5.97 Å². The van der Waals surface area contributed by atoms with E-state index in [2.05, 4.69) is 15.9 Å². The van der Waals surface area contributed by atoms with Crippen molar-refractivity contribution in [2.45, 2.75) is 20.8 Å². The quantitative estimate of drug-likeness (QED) is 0.308. The minimum atomic E-state index is -0.475. The molecule has 0 radical (unpaired) electrons. The van der Waals surface area contributed by atoms with Crippen molar-refractivity contribution in [3.63, 3.8) is 0 Å². The lowest BCUT2D eigenvalue weighted by atomic mass is 10.2. The third-order valence-corrected chi connectivity index (χ3v) is 5.54. The lowest BCUT2D eigenvalue weighted by molar-refractivity contribution is -0.147. The van der Waals surface area contributed by atoms with Gasteiger partial charge in [-0.25, -0.2) is 0 Å². The minimum absolute atomic E-state index is 0.189. The molecule has 0 saturated carbocycles.